The zero-order chi connectivity index (χ0) is 54.6. The summed E-state index contributed by atoms with van der Waals surface area (Å²) >= 11 is 4.24. The number of aromatic nitrogens is 12. The van der Waals surface area contributed by atoms with Gasteiger partial charge in [-0.2, -0.15) is 15.8 Å². The molecular formula is C51H57N15O6S3. The average molecular weight is 1070 g/mol. The lowest BCUT2D eigenvalue weighted by Gasteiger charge is -2.24. The Morgan fingerprint density at radius 1 is 0.467 bits per heavy atom. The predicted octanol–water partition coefficient (Wildman–Crippen LogP) is 4.75. The molecule has 3 N–H and O–H groups in total. The van der Waals surface area contributed by atoms with Crippen LogP contribution in [0.1, 0.15) is 96.5 Å². The SMILES string of the molecule is CC(C)(C)c1ncc(-c2nc3n(c(=O)c2C#N)CC(CO)CS3)cn1.CC(C)(C)c1ncc(-c2nc3n(c(=O)c2C#N)C[C@@H](CO)CS3)cn1.CC(C)(C)c1ncc(-c2nc3n(c(=O)c2C#N)C[C@H](CO)CS3)cn1. The van der Waals surface area contributed by atoms with Gasteiger partial charge in [0.15, 0.2) is 15.5 Å². The van der Waals surface area contributed by atoms with Crippen molar-refractivity contribution in [1.29, 1.82) is 15.8 Å². The highest BCUT2D eigenvalue weighted by atomic mass is 32.2. The second-order valence-electron chi connectivity index (χ2n) is 21.2. The van der Waals surface area contributed by atoms with Crippen molar-refractivity contribution >= 4 is 35.3 Å². The van der Waals surface area contributed by atoms with Gasteiger partial charge in [0.25, 0.3) is 16.7 Å². The Kier molecular flexibility index (Phi) is 17.2. The third-order valence-electron chi connectivity index (χ3n) is 12.0. The molecule has 0 spiro atoms. The lowest BCUT2D eigenvalue weighted by Crippen LogP contribution is -2.34. The molecule has 0 bridgehead atoms. The lowest BCUT2D eigenvalue weighted by atomic mass is 9.95. The van der Waals surface area contributed by atoms with Gasteiger partial charge >= 0.3 is 0 Å². The second-order valence-corrected chi connectivity index (χ2v) is 24.1. The highest BCUT2D eigenvalue weighted by Gasteiger charge is 2.29. The van der Waals surface area contributed by atoms with Gasteiger partial charge in [0, 0.05) is 145 Å². The van der Waals surface area contributed by atoms with Gasteiger partial charge in [0.1, 0.15) is 52.4 Å². The third kappa shape index (κ3) is 12.4. The molecule has 390 valence electrons. The summed E-state index contributed by atoms with van der Waals surface area (Å²) in [5.74, 6) is 4.09. The number of aliphatic hydroxyl groups excluding tert-OH is 3. The quantitative estimate of drug-likeness (QED) is 0.189. The summed E-state index contributed by atoms with van der Waals surface area (Å²) in [6, 6.07) is 5.90. The maximum atomic E-state index is 12.7. The van der Waals surface area contributed by atoms with E-state index in [1.54, 1.807) is 37.2 Å². The number of hydrogen-bond donors (Lipinski definition) is 3. The number of thioether (sulfide) groups is 3. The zero-order valence-electron chi connectivity index (χ0n) is 43.1. The van der Waals surface area contributed by atoms with Crippen molar-refractivity contribution in [2.75, 3.05) is 37.1 Å². The van der Waals surface area contributed by atoms with Crippen LogP contribution < -0.4 is 16.7 Å². The molecule has 0 aromatic carbocycles. The van der Waals surface area contributed by atoms with Crippen LogP contribution in [0.2, 0.25) is 0 Å². The third-order valence-corrected chi connectivity index (χ3v) is 15.6. The first-order chi connectivity index (χ1) is 35.5. The van der Waals surface area contributed by atoms with Gasteiger partial charge < -0.3 is 15.3 Å². The first-order valence-electron chi connectivity index (χ1n) is 23.9. The minimum atomic E-state index is -0.381. The van der Waals surface area contributed by atoms with Crippen LogP contribution in [0.3, 0.4) is 0 Å². The number of hydrogen-bond acceptors (Lipinski definition) is 21. The van der Waals surface area contributed by atoms with Gasteiger partial charge in [-0.25, -0.2) is 44.9 Å². The van der Waals surface area contributed by atoms with Crippen molar-refractivity contribution in [3.8, 4) is 52.0 Å². The number of rotatable bonds is 6. The van der Waals surface area contributed by atoms with E-state index < -0.39 is 0 Å². The van der Waals surface area contributed by atoms with Gasteiger partial charge in [-0.3, -0.25) is 28.1 Å². The molecule has 0 saturated heterocycles. The van der Waals surface area contributed by atoms with Gasteiger partial charge in [-0.05, 0) is 0 Å². The summed E-state index contributed by atoms with van der Waals surface area (Å²) in [5.41, 5.74) is 0.837. The molecule has 3 aliphatic rings. The van der Waals surface area contributed by atoms with Crippen LogP contribution >= 0.6 is 35.3 Å². The van der Waals surface area contributed by atoms with Crippen molar-refractivity contribution < 1.29 is 15.3 Å². The molecule has 3 atom stereocenters. The molecule has 24 heteroatoms. The fourth-order valence-electron chi connectivity index (χ4n) is 7.70. The molecule has 6 aromatic rings. The van der Waals surface area contributed by atoms with Crippen LogP contribution in [0.4, 0.5) is 0 Å². The lowest BCUT2D eigenvalue weighted by molar-refractivity contribution is 0.217. The average Bonchev–Trinajstić information content (AvgIpc) is 3.40. The number of aliphatic hydroxyl groups is 3. The van der Waals surface area contributed by atoms with E-state index in [9.17, 15) is 45.5 Å². The molecule has 3 aliphatic heterocycles. The van der Waals surface area contributed by atoms with Crippen molar-refractivity contribution in [2.45, 2.75) is 114 Å². The minimum absolute atomic E-state index is 0.00459. The molecule has 6 aromatic heterocycles. The molecule has 0 amide bonds. The van der Waals surface area contributed by atoms with Crippen LogP contribution in [0, 0.1) is 51.7 Å². The Balaban J connectivity index is 0.000000164. The van der Waals surface area contributed by atoms with Crippen LogP contribution in [0.25, 0.3) is 33.8 Å². The van der Waals surface area contributed by atoms with Crippen molar-refractivity contribution in [1.82, 2.24) is 58.6 Å². The summed E-state index contributed by atoms with van der Waals surface area (Å²) < 4.78 is 4.42. The fraction of sp³-hybridized carbons (Fsp3) is 0.471. The van der Waals surface area contributed by atoms with Crippen molar-refractivity contribution in [2.24, 2.45) is 17.8 Å². The Hall–Kier alpha value is -6.72. The van der Waals surface area contributed by atoms with E-state index >= 15 is 0 Å². The van der Waals surface area contributed by atoms with Crippen molar-refractivity contribution in [3.63, 3.8) is 0 Å². The smallest absolute Gasteiger partial charge is 0.272 e. The molecule has 0 saturated carbocycles. The largest absolute Gasteiger partial charge is 0.396 e. The zero-order valence-corrected chi connectivity index (χ0v) is 45.5. The van der Waals surface area contributed by atoms with E-state index in [1.165, 1.54) is 49.0 Å². The topological polar surface area (TPSA) is 314 Å². The molecule has 1 unspecified atom stereocenters. The molecular weight excluding hydrogens is 1010 g/mol. The summed E-state index contributed by atoms with van der Waals surface area (Å²) in [6.45, 7) is 19.3. The summed E-state index contributed by atoms with van der Waals surface area (Å²) in [6.07, 6.45) is 9.65. The Labute approximate surface area is 445 Å². The maximum absolute atomic E-state index is 12.7. The first kappa shape index (κ1) is 56.0. The maximum Gasteiger partial charge on any atom is 0.272 e. The van der Waals surface area contributed by atoms with Gasteiger partial charge in [0.05, 0.1) is 17.1 Å². The molecule has 0 aliphatic carbocycles. The number of nitriles is 3. The predicted molar refractivity (Wildman–Crippen MR) is 283 cm³/mol. The Bertz CT molecular complexity index is 3040. The standard InChI is InChI=1S/3C17H19N5O2S/c3*1-17(2,3)15-19-5-11(6-20-15)13-12(4-18)14(24)22-7-10(8-23)9-25-16(22)21-13/h3*5-6,10,23H,7-9H2,1-3H3/t2*10-;/m10./s1. The molecule has 21 nitrogen and oxygen atoms in total. The fourth-order valence-corrected chi connectivity index (χ4v) is 10.9. The van der Waals surface area contributed by atoms with Gasteiger partial charge in [-0.15, -0.1) is 0 Å². The van der Waals surface area contributed by atoms with E-state index in [1.807, 2.05) is 80.5 Å². The van der Waals surface area contributed by atoms with E-state index in [0.29, 0.717) is 104 Å². The number of fused-ring (bicyclic) bond motifs is 3. The van der Waals surface area contributed by atoms with E-state index in [-0.39, 0.29) is 87.2 Å². The van der Waals surface area contributed by atoms with Crippen LogP contribution in [0.15, 0.2) is 67.0 Å². The van der Waals surface area contributed by atoms with Crippen LogP contribution in [-0.4, -0.2) is 111 Å². The number of nitrogens with zero attached hydrogens (tertiary/aromatic N) is 15. The minimum Gasteiger partial charge on any atom is -0.396 e. The summed E-state index contributed by atoms with van der Waals surface area (Å²) in [5, 5.41) is 58.1. The van der Waals surface area contributed by atoms with Gasteiger partial charge in [0.2, 0.25) is 0 Å². The highest BCUT2D eigenvalue weighted by molar-refractivity contribution is 7.99. The summed E-state index contributed by atoms with van der Waals surface area (Å²) in [4.78, 5) is 77.8. The van der Waals surface area contributed by atoms with Crippen molar-refractivity contribution in [3.05, 3.63) is 102 Å². The van der Waals surface area contributed by atoms with Gasteiger partial charge in [-0.1, -0.05) is 97.6 Å². The summed E-state index contributed by atoms with van der Waals surface area (Å²) in [7, 11) is 0. The first-order valence-corrected chi connectivity index (χ1v) is 26.8. The molecule has 9 heterocycles. The normalized spacial score (nSPS) is 17.0. The van der Waals surface area contributed by atoms with E-state index in [0.717, 1.165) is 0 Å². The molecule has 0 fully saturated rings. The molecule has 0 radical (unpaired) electrons. The van der Waals surface area contributed by atoms with E-state index in [4.69, 9.17) is 0 Å². The van der Waals surface area contributed by atoms with E-state index in [2.05, 4.69) is 44.9 Å². The Morgan fingerprint density at radius 2 is 0.693 bits per heavy atom. The van der Waals surface area contributed by atoms with Crippen LogP contribution in [-0.2, 0) is 35.9 Å². The monoisotopic (exact) mass is 1070 g/mol. The molecule has 75 heavy (non-hydrogen) atoms. The second kappa shape index (κ2) is 23.0. The Morgan fingerprint density at radius 3 is 0.880 bits per heavy atom. The molecule has 9 rings (SSSR count). The highest BCUT2D eigenvalue weighted by Crippen LogP contribution is 2.32. The van der Waals surface area contributed by atoms with Crippen LogP contribution in [0.5, 0.6) is 0 Å².